The van der Waals surface area contributed by atoms with E-state index in [1.54, 1.807) is 31.3 Å². The molecule has 0 aliphatic carbocycles. The summed E-state index contributed by atoms with van der Waals surface area (Å²) in [5.74, 6) is -0.823. The molecule has 0 fully saturated rings. The second-order valence-corrected chi connectivity index (χ2v) is 9.12. The van der Waals surface area contributed by atoms with Crippen LogP contribution in [-0.2, 0) is 28.4 Å². The number of aromatic nitrogens is 2. The Hall–Kier alpha value is -4.12. The van der Waals surface area contributed by atoms with E-state index in [0.717, 1.165) is 24.3 Å². The van der Waals surface area contributed by atoms with E-state index in [0.29, 0.717) is 11.0 Å². The fourth-order valence-corrected chi connectivity index (χ4v) is 4.60. The highest BCUT2D eigenvalue weighted by atomic mass is 32.2. The van der Waals surface area contributed by atoms with Crippen LogP contribution in [0.4, 0.5) is 15.8 Å². The summed E-state index contributed by atoms with van der Waals surface area (Å²) in [7, 11) is -1.04. The molecule has 34 heavy (non-hydrogen) atoms. The van der Waals surface area contributed by atoms with Crippen LogP contribution in [0.1, 0.15) is 0 Å². The lowest BCUT2D eigenvalue weighted by molar-refractivity contribution is -0.116. The Bertz CT molecular complexity index is 1540. The topological polar surface area (TPSA) is 111 Å². The molecule has 176 valence electrons. The molecule has 0 atom stereocenters. The second kappa shape index (κ2) is 9.02. The first-order valence-corrected chi connectivity index (χ1v) is 11.6. The number of aryl methyl sites for hydroxylation is 1. The predicted molar refractivity (Wildman–Crippen MR) is 126 cm³/mol. The van der Waals surface area contributed by atoms with Crippen LogP contribution in [0.3, 0.4) is 0 Å². The first-order valence-electron chi connectivity index (χ1n) is 10.1. The van der Waals surface area contributed by atoms with Gasteiger partial charge in [0.1, 0.15) is 18.1 Å². The summed E-state index contributed by atoms with van der Waals surface area (Å²) in [4.78, 5) is 25.1. The number of rotatable bonds is 7. The molecule has 9 nitrogen and oxygen atoms in total. The number of ether oxygens (including phenoxy) is 1. The van der Waals surface area contributed by atoms with E-state index in [1.165, 1.54) is 34.4 Å². The molecule has 4 rings (SSSR count). The van der Waals surface area contributed by atoms with Crippen molar-refractivity contribution in [1.82, 2.24) is 9.13 Å². The Morgan fingerprint density at radius 3 is 2.38 bits per heavy atom. The summed E-state index contributed by atoms with van der Waals surface area (Å²) in [5.41, 5.74) is 1.34. The van der Waals surface area contributed by atoms with Gasteiger partial charge in [0, 0.05) is 12.7 Å². The molecule has 0 radical (unpaired) electrons. The van der Waals surface area contributed by atoms with Crippen LogP contribution in [0.2, 0.25) is 0 Å². The standard InChI is InChI=1S/C23H21FN4O5S/c1-27-19-5-3-4-6-20(19)28(23(27)30)14-22(29)25-16-9-12-21(33-2)18(13-16)26-34(31,32)17-10-7-15(24)8-11-17/h3-13,26H,14H2,1-2H3,(H,25,29). The highest BCUT2D eigenvalue weighted by Crippen LogP contribution is 2.30. The minimum absolute atomic E-state index is 0.0759. The van der Waals surface area contributed by atoms with Crippen molar-refractivity contribution in [2.24, 2.45) is 7.05 Å². The van der Waals surface area contributed by atoms with E-state index in [9.17, 15) is 22.4 Å². The van der Waals surface area contributed by atoms with Gasteiger partial charge < -0.3 is 10.1 Å². The molecule has 1 heterocycles. The van der Waals surface area contributed by atoms with Crippen molar-refractivity contribution in [3.63, 3.8) is 0 Å². The average molecular weight is 485 g/mol. The normalized spacial score (nSPS) is 11.4. The zero-order chi connectivity index (χ0) is 24.5. The van der Waals surface area contributed by atoms with Crippen molar-refractivity contribution in [3.8, 4) is 5.75 Å². The van der Waals surface area contributed by atoms with Crippen LogP contribution in [0.15, 0.2) is 76.4 Å². The van der Waals surface area contributed by atoms with Crippen LogP contribution in [0, 0.1) is 5.82 Å². The highest BCUT2D eigenvalue weighted by molar-refractivity contribution is 7.92. The molecule has 0 aliphatic rings. The summed E-state index contributed by atoms with van der Waals surface area (Å²) >= 11 is 0. The van der Waals surface area contributed by atoms with E-state index in [1.807, 2.05) is 0 Å². The van der Waals surface area contributed by atoms with Crippen LogP contribution in [0.25, 0.3) is 11.0 Å². The first-order chi connectivity index (χ1) is 16.2. The lowest BCUT2D eigenvalue weighted by atomic mass is 10.2. The van der Waals surface area contributed by atoms with Crippen LogP contribution in [0.5, 0.6) is 5.75 Å². The highest BCUT2D eigenvalue weighted by Gasteiger charge is 2.18. The molecule has 1 aromatic heterocycles. The molecule has 2 N–H and O–H groups in total. The zero-order valence-electron chi connectivity index (χ0n) is 18.3. The summed E-state index contributed by atoms with van der Waals surface area (Å²) < 4.78 is 49.0. The van der Waals surface area contributed by atoms with E-state index < -0.39 is 21.7 Å². The van der Waals surface area contributed by atoms with Crippen molar-refractivity contribution >= 4 is 38.3 Å². The number of methoxy groups -OCH3 is 1. The molecular weight excluding hydrogens is 463 g/mol. The lowest BCUT2D eigenvalue weighted by Gasteiger charge is -2.14. The lowest BCUT2D eigenvalue weighted by Crippen LogP contribution is -2.28. The summed E-state index contributed by atoms with van der Waals surface area (Å²) in [6.07, 6.45) is 0. The van der Waals surface area contributed by atoms with Crippen molar-refractivity contribution in [2.45, 2.75) is 11.4 Å². The molecule has 0 aliphatic heterocycles. The summed E-state index contributed by atoms with van der Waals surface area (Å²) in [6, 6.07) is 15.9. The second-order valence-electron chi connectivity index (χ2n) is 7.44. The quantitative estimate of drug-likeness (QED) is 0.419. The number of para-hydroxylation sites is 2. The summed E-state index contributed by atoms with van der Waals surface area (Å²) in [5, 5.41) is 2.67. The van der Waals surface area contributed by atoms with Gasteiger partial charge >= 0.3 is 5.69 Å². The van der Waals surface area contributed by atoms with Crippen molar-refractivity contribution in [2.75, 3.05) is 17.1 Å². The molecule has 4 aromatic rings. The molecule has 0 bridgehead atoms. The number of imidazole rings is 1. The van der Waals surface area contributed by atoms with E-state index in [2.05, 4.69) is 10.0 Å². The Morgan fingerprint density at radius 1 is 1.03 bits per heavy atom. The van der Waals surface area contributed by atoms with E-state index >= 15 is 0 Å². The third-order valence-electron chi connectivity index (χ3n) is 5.20. The van der Waals surface area contributed by atoms with E-state index in [-0.39, 0.29) is 34.3 Å². The maximum Gasteiger partial charge on any atom is 0.329 e. The Morgan fingerprint density at radius 2 is 1.71 bits per heavy atom. The number of hydrogen-bond donors (Lipinski definition) is 2. The average Bonchev–Trinajstić information content (AvgIpc) is 3.04. The number of nitrogens with one attached hydrogen (secondary N) is 2. The van der Waals surface area contributed by atoms with Gasteiger partial charge in [0.25, 0.3) is 10.0 Å². The van der Waals surface area contributed by atoms with Gasteiger partial charge in [-0.15, -0.1) is 0 Å². The number of anilines is 2. The smallest absolute Gasteiger partial charge is 0.329 e. The third-order valence-corrected chi connectivity index (χ3v) is 6.59. The van der Waals surface area contributed by atoms with Crippen LogP contribution >= 0.6 is 0 Å². The zero-order valence-corrected chi connectivity index (χ0v) is 19.1. The van der Waals surface area contributed by atoms with Crippen LogP contribution < -0.4 is 20.5 Å². The van der Waals surface area contributed by atoms with E-state index in [4.69, 9.17) is 4.74 Å². The number of hydrogen-bond acceptors (Lipinski definition) is 5. The molecular formula is C23H21FN4O5S. The minimum atomic E-state index is -4.04. The fourth-order valence-electron chi connectivity index (χ4n) is 3.54. The Kier molecular flexibility index (Phi) is 6.12. The third kappa shape index (κ3) is 4.50. The molecule has 0 spiro atoms. The van der Waals surface area contributed by atoms with Gasteiger partial charge in [-0.1, -0.05) is 12.1 Å². The number of carbonyl (C=O) groups excluding carboxylic acids is 1. The number of benzene rings is 3. The van der Waals surface area contributed by atoms with Gasteiger partial charge in [0.15, 0.2) is 0 Å². The number of nitrogens with zero attached hydrogens (tertiary/aromatic N) is 2. The molecule has 3 aromatic carbocycles. The molecule has 0 unspecified atom stereocenters. The Balaban J connectivity index is 1.57. The maximum atomic E-state index is 13.2. The fraction of sp³-hybridized carbons (Fsp3) is 0.130. The van der Waals surface area contributed by atoms with Gasteiger partial charge in [-0.3, -0.25) is 18.7 Å². The van der Waals surface area contributed by atoms with Gasteiger partial charge in [-0.2, -0.15) is 0 Å². The first kappa shape index (κ1) is 23.1. The molecule has 0 saturated carbocycles. The SMILES string of the molecule is COc1ccc(NC(=O)Cn2c(=O)n(C)c3ccccc32)cc1NS(=O)(=O)c1ccc(F)cc1. The number of fused-ring (bicyclic) bond motifs is 1. The van der Waals surface area contributed by atoms with Crippen molar-refractivity contribution in [1.29, 1.82) is 0 Å². The minimum Gasteiger partial charge on any atom is -0.495 e. The molecule has 11 heteroatoms. The monoisotopic (exact) mass is 484 g/mol. The molecule has 1 amide bonds. The van der Waals surface area contributed by atoms with Crippen molar-refractivity contribution in [3.05, 3.63) is 83.0 Å². The summed E-state index contributed by atoms with van der Waals surface area (Å²) in [6.45, 7) is -0.233. The van der Waals surface area contributed by atoms with Crippen molar-refractivity contribution < 1.29 is 22.3 Å². The van der Waals surface area contributed by atoms with Gasteiger partial charge in [0.2, 0.25) is 5.91 Å². The van der Waals surface area contributed by atoms with Crippen LogP contribution in [-0.4, -0.2) is 30.6 Å². The van der Waals surface area contributed by atoms with Gasteiger partial charge in [0.05, 0.1) is 28.7 Å². The largest absolute Gasteiger partial charge is 0.495 e. The number of carbonyl (C=O) groups is 1. The maximum absolute atomic E-state index is 13.2. The number of sulfonamides is 1. The Labute approximate surface area is 194 Å². The van der Waals surface area contributed by atoms with Gasteiger partial charge in [-0.25, -0.2) is 17.6 Å². The number of halogens is 1. The molecule has 0 saturated heterocycles. The number of amides is 1. The van der Waals surface area contributed by atoms with Gasteiger partial charge in [-0.05, 0) is 54.6 Å². The predicted octanol–water partition coefficient (Wildman–Crippen LogP) is 2.93.